The van der Waals surface area contributed by atoms with Crippen LogP contribution in [0.2, 0.25) is 0 Å². The predicted molar refractivity (Wildman–Crippen MR) is 142 cm³/mol. The highest BCUT2D eigenvalue weighted by Crippen LogP contribution is 2.43. The zero-order valence-corrected chi connectivity index (χ0v) is 20.0. The van der Waals surface area contributed by atoms with Gasteiger partial charge in [0.1, 0.15) is 17.6 Å². The van der Waals surface area contributed by atoms with Crippen LogP contribution < -0.4 is 15.1 Å². The van der Waals surface area contributed by atoms with Crippen LogP contribution in [-0.4, -0.2) is 36.4 Å². The van der Waals surface area contributed by atoms with E-state index in [4.69, 9.17) is 21.4 Å². The number of aromatic nitrogens is 1. The lowest BCUT2D eigenvalue weighted by Crippen LogP contribution is -2.36. The fourth-order valence-corrected chi connectivity index (χ4v) is 5.18. The number of thiocarbonyl (C=S) groups is 1. The van der Waals surface area contributed by atoms with E-state index in [0.717, 1.165) is 54.8 Å². The van der Waals surface area contributed by atoms with Gasteiger partial charge in [-0.2, -0.15) is 0 Å². The number of ether oxygens (including phenoxy) is 1. The second kappa shape index (κ2) is 9.52. The van der Waals surface area contributed by atoms with Gasteiger partial charge >= 0.3 is 0 Å². The molecule has 0 radical (unpaired) electrons. The van der Waals surface area contributed by atoms with Crippen molar-refractivity contribution < 1.29 is 9.15 Å². The quantitative estimate of drug-likeness (QED) is 0.385. The monoisotopic (exact) mass is 482 g/mol. The maximum atomic E-state index is 6.43. The molecule has 0 saturated carbocycles. The molecule has 0 bridgehead atoms. The summed E-state index contributed by atoms with van der Waals surface area (Å²) in [4.78, 5) is 9.12. The molecule has 4 aromatic rings. The highest BCUT2D eigenvalue weighted by atomic mass is 32.1. The topological polar surface area (TPSA) is 53.8 Å². The van der Waals surface area contributed by atoms with Gasteiger partial charge in [-0.25, -0.2) is 0 Å². The van der Waals surface area contributed by atoms with Gasteiger partial charge in [-0.15, -0.1) is 0 Å². The van der Waals surface area contributed by atoms with Crippen molar-refractivity contribution in [1.29, 1.82) is 0 Å². The summed E-state index contributed by atoms with van der Waals surface area (Å²) in [7, 11) is 0. The van der Waals surface area contributed by atoms with E-state index < -0.39 is 0 Å². The largest absolute Gasteiger partial charge is 0.459 e. The Bertz CT molecular complexity index is 1290. The van der Waals surface area contributed by atoms with Gasteiger partial charge in [0.05, 0.1) is 24.9 Å². The summed E-state index contributed by atoms with van der Waals surface area (Å²) in [5, 5.41) is 4.16. The van der Waals surface area contributed by atoms with E-state index in [1.165, 1.54) is 5.69 Å². The first-order chi connectivity index (χ1) is 17.3. The molecule has 2 aromatic carbocycles. The summed E-state index contributed by atoms with van der Waals surface area (Å²) in [5.41, 5.74) is 4.17. The van der Waals surface area contributed by atoms with Crippen LogP contribution in [0.1, 0.15) is 23.5 Å². The van der Waals surface area contributed by atoms with Crippen LogP contribution in [0.25, 0.3) is 11.3 Å². The highest BCUT2D eigenvalue weighted by molar-refractivity contribution is 7.80. The smallest absolute Gasteiger partial charge is 0.174 e. The molecule has 0 amide bonds. The maximum absolute atomic E-state index is 6.43. The molecule has 35 heavy (non-hydrogen) atoms. The summed E-state index contributed by atoms with van der Waals surface area (Å²) >= 11 is 5.85. The van der Waals surface area contributed by atoms with Crippen molar-refractivity contribution in [2.75, 3.05) is 36.1 Å². The Kier molecular flexibility index (Phi) is 5.94. The van der Waals surface area contributed by atoms with Gasteiger partial charge in [-0.3, -0.25) is 4.98 Å². The van der Waals surface area contributed by atoms with Crippen molar-refractivity contribution in [3.63, 3.8) is 0 Å². The molecule has 7 heteroatoms. The molecule has 0 aliphatic carbocycles. The molecule has 2 aromatic heterocycles. The van der Waals surface area contributed by atoms with Crippen molar-refractivity contribution in [1.82, 2.24) is 10.3 Å². The number of pyridine rings is 1. The number of hydrogen-bond donors (Lipinski definition) is 1. The Morgan fingerprint density at radius 1 is 0.829 bits per heavy atom. The van der Waals surface area contributed by atoms with E-state index in [-0.39, 0.29) is 12.1 Å². The lowest BCUT2D eigenvalue weighted by atomic mass is 10.0. The minimum absolute atomic E-state index is 0.141. The highest BCUT2D eigenvalue weighted by Gasteiger charge is 2.42. The van der Waals surface area contributed by atoms with E-state index in [1.807, 2.05) is 54.7 Å². The van der Waals surface area contributed by atoms with Crippen LogP contribution in [0.3, 0.4) is 0 Å². The van der Waals surface area contributed by atoms with E-state index >= 15 is 0 Å². The van der Waals surface area contributed by atoms with Crippen molar-refractivity contribution in [3.05, 3.63) is 103 Å². The van der Waals surface area contributed by atoms with E-state index in [0.29, 0.717) is 5.11 Å². The minimum atomic E-state index is -0.177. The summed E-state index contributed by atoms with van der Waals surface area (Å²) in [6.07, 6.45) is 1.81. The van der Waals surface area contributed by atoms with Gasteiger partial charge in [0.2, 0.25) is 0 Å². The van der Waals surface area contributed by atoms with E-state index in [9.17, 15) is 0 Å². The van der Waals surface area contributed by atoms with Crippen LogP contribution >= 0.6 is 12.2 Å². The zero-order chi connectivity index (χ0) is 23.6. The number of furan rings is 1. The lowest BCUT2D eigenvalue weighted by molar-refractivity contribution is 0.122. The Hall–Kier alpha value is -3.68. The fraction of sp³-hybridized carbons (Fsp3) is 0.214. The zero-order valence-electron chi connectivity index (χ0n) is 19.2. The van der Waals surface area contributed by atoms with Gasteiger partial charge in [-0.1, -0.05) is 36.4 Å². The van der Waals surface area contributed by atoms with Crippen molar-refractivity contribution in [2.24, 2.45) is 0 Å². The number of anilines is 2. The molecule has 0 spiro atoms. The van der Waals surface area contributed by atoms with Crippen LogP contribution in [0, 0.1) is 0 Å². The normalized spacial score (nSPS) is 20.2. The molecule has 1 N–H and O–H groups in total. The molecule has 0 unspecified atom stereocenters. The number of benzene rings is 2. The minimum Gasteiger partial charge on any atom is -0.459 e. The molecular formula is C28H26N4O2S. The number of morpholine rings is 1. The second-order valence-electron chi connectivity index (χ2n) is 8.68. The Balaban J connectivity index is 1.37. The van der Waals surface area contributed by atoms with E-state index in [2.05, 4.69) is 56.5 Å². The van der Waals surface area contributed by atoms with Gasteiger partial charge in [0.25, 0.3) is 0 Å². The third-order valence-corrected chi connectivity index (χ3v) is 6.89. The van der Waals surface area contributed by atoms with Crippen LogP contribution in [0.5, 0.6) is 0 Å². The van der Waals surface area contributed by atoms with E-state index in [1.54, 1.807) is 0 Å². The molecule has 6 nitrogen and oxygen atoms in total. The second-order valence-corrected chi connectivity index (χ2v) is 9.07. The fourth-order valence-electron chi connectivity index (χ4n) is 4.84. The maximum Gasteiger partial charge on any atom is 0.174 e. The van der Waals surface area contributed by atoms with Crippen molar-refractivity contribution in [3.8, 4) is 11.3 Å². The Labute approximate surface area is 210 Å². The molecule has 4 heterocycles. The molecule has 6 rings (SSSR count). The van der Waals surface area contributed by atoms with Gasteiger partial charge < -0.3 is 24.3 Å². The summed E-state index contributed by atoms with van der Waals surface area (Å²) in [6.45, 7) is 3.33. The number of nitrogens with one attached hydrogen (secondary N) is 1. The number of hydrogen-bond acceptors (Lipinski definition) is 5. The van der Waals surface area contributed by atoms with Crippen molar-refractivity contribution in [2.45, 2.75) is 12.1 Å². The van der Waals surface area contributed by atoms with Crippen LogP contribution in [0.15, 0.2) is 95.5 Å². The van der Waals surface area contributed by atoms with Crippen LogP contribution in [-0.2, 0) is 4.74 Å². The number of nitrogens with zero attached hydrogens (tertiary/aromatic N) is 3. The average Bonchev–Trinajstić information content (AvgIpc) is 3.55. The molecule has 2 aliphatic heterocycles. The number of rotatable bonds is 5. The molecule has 2 aliphatic rings. The van der Waals surface area contributed by atoms with Gasteiger partial charge in [0.15, 0.2) is 5.11 Å². The molecule has 176 valence electrons. The van der Waals surface area contributed by atoms with Gasteiger partial charge in [-0.05, 0) is 60.7 Å². The molecule has 2 fully saturated rings. The average molecular weight is 483 g/mol. The van der Waals surface area contributed by atoms with Gasteiger partial charge in [0, 0.05) is 36.2 Å². The Morgan fingerprint density at radius 3 is 2.31 bits per heavy atom. The SMILES string of the molecule is S=C1N[C@H](c2ccccn2)[C@H](c2ccc(-c3ccccc3)o2)N1c1ccc(N2CCOCC2)cc1. The molecule has 2 saturated heterocycles. The first-order valence-electron chi connectivity index (χ1n) is 11.9. The summed E-state index contributed by atoms with van der Waals surface area (Å²) < 4.78 is 11.9. The van der Waals surface area contributed by atoms with Crippen LogP contribution in [0.4, 0.5) is 11.4 Å². The first kappa shape index (κ1) is 21.8. The molecule has 2 atom stereocenters. The first-order valence-corrected chi connectivity index (χ1v) is 12.3. The lowest BCUT2D eigenvalue weighted by Gasteiger charge is -2.30. The Morgan fingerprint density at radius 2 is 1.57 bits per heavy atom. The molecular weight excluding hydrogens is 456 g/mol. The third kappa shape index (κ3) is 4.29. The standard InChI is InChI=1S/C28H26N4O2S/c35-28-30-26(23-8-4-5-15-29-23)27(25-14-13-24(34-25)20-6-2-1-3-7-20)32(28)22-11-9-21(10-12-22)31-16-18-33-19-17-31/h1-15,26-27H,16-19H2,(H,30,35)/t26-,27+/m1/s1. The third-order valence-electron chi connectivity index (χ3n) is 6.58. The summed E-state index contributed by atoms with van der Waals surface area (Å²) in [6, 6.07) is 28.4. The van der Waals surface area contributed by atoms with Crippen molar-refractivity contribution >= 4 is 28.7 Å². The summed E-state index contributed by atoms with van der Waals surface area (Å²) in [5.74, 6) is 1.67. The predicted octanol–water partition coefficient (Wildman–Crippen LogP) is 5.36.